The molecule has 0 unspecified atom stereocenters. The summed E-state index contributed by atoms with van der Waals surface area (Å²) in [6, 6.07) is 9.27. The number of rotatable bonds is 5. The Balaban J connectivity index is 1.67. The molecule has 2 aromatic rings. The van der Waals surface area contributed by atoms with Crippen LogP contribution in [0, 0.1) is 6.92 Å². The SMILES string of the molecule is Cc1oc(CN(C)C(=O)c2ccc(C3CCC3)cc2)cc1C(=O)O. The number of furan rings is 1. The number of carbonyl (C=O) groups excluding carboxylic acids is 1. The molecule has 0 atom stereocenters. The highest BCUT2D eigenvalue weighted by atomic mass is 16.4. The van der Waals surface area contributed by atoms with E-state index in [2.05, 4.69) is 0 Å². The van der Waals surface area contributed by atoms with Crippen molar-refractivity contribution in [2.45, 2.75) is 38.6 Å². The lowest BCUT2D eigenvalue weighted by Crippen LogP contribution is -2.26. The highest BCUT2D eigenvalue weighted by molar-refractivity contribution is 5.94. The Hall–Kier alpha value is -2.56. The van der Waals surface area contributed by atoms with Crippen molar-refractivity contribution in [2.24, 2.45) is 0 Å². The molecule has 0 aliphatic heterocycles. The lowest BCUT2D eigenvalue weighted by Gasteiger charge is -2.26. The van der Waals surface area contributed by atoms with Crippen LogP contribution in [-0.2, 0) is 6.54 Å². The van der Waals surface area contributed by atoms with Crippen LogP contribution in [0.2, 0.25) is 0 Å². The standard InChI is InChI=1S/C19H21NO4/c1-12-17(19(22)23)10-16(24-12)11-20(2)18(21)15-8-6-14(7-9-15)13-4-3-5-13/h6-10,13H,3-5,11H2,1-2H3,(H,22,23). The first kappa shape index (κ1) is 16.3. The number of hydrogen-bond donors (Lipinski definition) is 1. The molecule has 5 nitrogen and oxygen atoms in total. The number of hydrogen-bond acceptors (Lipinski definition) is 3. The van der Waals surface area contributed by atoms with Crippen molar-refractivity contribution in [1.82, 2.24) is 4.90 Å². The van der Waals surface area contributed by atoms with Crippen LogP contribution in [0.25, 0.3) is 0 Å². The molecule has 0 spiro atoms. The predicted octanol–water partition coefficient (Wildman–Crippen LogP) is 3.83. The Morgan fingerprint density at radius 3 is 2.42 bits per heavy atom. The van der Waals surface area contributed by atoms with E-state index in [1.165, 1.54) is 35.8 Å². The topological polar surface area (TPSA) is 70.8 Å². The monoisotopic (exact) mass is 327 g/mol. The highest BCUT2D eigenvalue weighted by Crippen LogP contribution is 2.36. The molecule has 0 saturated heterocycles. The number of amides is 1. The van der Waals surface area contributed by atoms with Gasteiger partial charge in [-0.1, -0.05) is 18.6 Å². The first-order chi connectivity index (χ1) is 11.5. The van der Waals surface area contributed by atoms with E-state index in [0.29, 0.717) is 23.0 Å². The van der Waals surface area contributed by atoms with E-state index < -0.39 is 5.97 Å². The number of carboxylic acids is 1. The fourth-order valence-electron chi connectivity index (χ4n) is 3.00. The molecule has 1 fully saturated rings. The van der Waals surface area contributed by atoms with Crippen LogP contribution in [0.3, 0.4) is 0 Å². The molecule has 1 aliphatic rings. The molecule has 1 aromatic carbocycles. The summed E-state index contributed by atoms with van der Waals surface area (Å²) in [5.74, 6) is 0.326. The molecule has 1 saturated carbocycles. The zero-order chi connectivity index (χ0) is 17.3. The molecule has 3 rings (SSSR count). The van der Waals surface area contributed by atoms with E-state index in [0.717, 1.165) is 0 Å². The molecule has 1 amide bonds. The van der Waals surface area contributed by atoms with Gasteiger partial charge in [0, 0.05) is 12.6 Å². The largest absolute Gasteiger partial charge is 0.478 e. The maximum absolute atomic E-state index is 12.5. The second kappa shape index (κ2) is 6.51. The Kier molecular flexibility index (Phi) is 4.42. The van der Waals surface area contributed by atoms with Gasteiger partial charge >= 0.3 is 5.97 Å². The number of carboxylic acid groups (broad SMARTS) is 1. The highest BCUT2D eigenvalue weighted by Gasteiger charge is 2.21. The van der Waals surface area contributed by atoms with Gasteiger partial charge in [-0.05, 0) is 49.4 Å². The zero-order valence-electron chi connectivity index (χ0n) is 13.9. The van der Waals surface area contributed by atoms with E-state index >= 15 is 0 Å². The minimum atomic E-state index is -1.02. The Morgan fingerprint density at radius 1 is 1.25 bits per heavy atom. The maximum Gasteiger partial charge on any atom is 0.339 e. The molecular formula is C19H21NO4. The molecule has 126 valence electrons. The molecule has 1 aliphatic carbocycles. The summed E-state index contributed by atoms with van der Waals surface area (Å²) < 4.78 is 5.43. The smallest absolute Gasteiger partial charge is 0.339 e. The van der Waals surface area contributed by atoms with Crippen LogP contribution in [0.5, 0.6) is 0 Å². The van der Waals surface area contributed by atoms with Crippen LogP contribution in [0.15, 0.2) is 34.7 Å². The predicted molar refractivity (Wildman–Crippen MR) is 89.2 cm³/mol. The van der Waals surface area contributed by atoms with E-state index in [4.69, 9.17) is 9.52 Å². The van der Waals surface area contributed by atoms with E-state index in [1.54, 1.807) is 14.0 Å². The molecule has 1 heterocycles. The van der Waals surface area contributed by atoms with Gasteiger partial charge in [0.15, 0.2) is 0 Å². The summed E-state index contributed by atoms with van der Waals surface area (Å²) in [5, 5.41) is 9.06. The quantitative estimate of drug-likeness (QED) is 0.906. The summed E-state index contributed by atoms with van der Waals surface area (Å²) in [4.78, 5) is 25.1. The second-order valence-electron chi connectivity index (χ2n) is 6.40. The summed E-state index contributed by atoms with van der Waals surface area (Å²) in [6.45, 7) is 1.84. The van der Waals surface area contributed by atoms with Crippen LogP contribution in [0.1, 0.15) is 63.0 Å². The number of carbonyl (C=O) groups is 2. The molecule has 24 heavy (non-hydrogen) atoms. The third-order valence-electron chi connectivity index (χ3n) is 4.67. The van der Waals surface area contributed by atoms with Gasteiger partial charge in [0.2, 0.25) is 0 Å². The molecular weight excluding hydrogens is 306 g/mol. The fourth-order valence-corrected chi connectivity index (χ4v) is 3.00. The van der Waals surface area contributed by atoms with Gasteiger partial charge in [-0.25, -0.2) is 4.79 Å². The number of aromatic carboxylic acids is 1. The van der Waals surface area contributed by atoms with Crippen molar-refractivity contribution < 1.29 is 19.1 Å². The Bertz CT molecular complexity index is 756. The fraction of sp³-hybridized carbons (Fsp3) is 0.368. The van der Waals surface area contributed by atoms with Gasteiger partial charge in [-0.3, -0.25) is 4.79 Å². The van der Waals surface area contributed by atoms with E-state index in [9.17, 15) is 9.59 Å². The lowest BCUT2D eigenvalue weighted by molar-refractivity contribution is 0.0694. The third kappa shape index (κ3) is 3.20. The van der Waals surface area contributed by atoms with E-state index in [-0.39, 0.29) is 18.0 Å². The summed E-state index contributed by atoms with van der Waals surface area (Å²) in [7, 11) is 1.68. The number of aryl methyl sites for hydroxylation is 1. The molecule has 1 N–H and O–H groups in total. The third-order valence-corrected chi connectivity index (χ3v) is 4.67. The molecule has 0 radical (unpaired) electrons. The maximum atomic E-state index is 12.5. The Morgan fingerprint density at radius 2 is 1.92 bits per heavy atom. The average molecular weight is 327 g/mol. The van der Waals surface area contributed by atoms with Gasteiger partial charge in [-0.2, -0.15) is 0 Å². The summed E-state index contributed by atoms with van der Waals surface area (Å²) >= 11 is 0. The second-order valence-corrected chi connectivity index (χ2v) is 6.40. The number of benzene rings is 1. The van der Waals surface area contributed by atoms with Crippen molar-refractivity contribution in [1.29, 1.82) is 0 Å². The van der Waals surface area contributed by atoms with Crippen molar-refractivity contribution in [3.8, 4) is 0 Å². The minimum Gasteiger partial charge on any atom is -0.478 e. The minimum absolute atomic E-state index is 0.110. The molecule has 1 aromatic heterocycles. The normalized spacial score (nSPS) is 14.2. The van der Waals surface area contributed by atoms with Crippen molar-refractivity contribution in [3.05, 3.63) is 58.5 Å². The van der Waals surface area contributed by atoms with Gasteiger partial charge in [0.25, 0.3) is 5.91 Å². The van der Waals surface area contributed by atoms with Crippen molar-refractivity contribution >= 4 is 11.9 Å². The van der Waals surface area contributed by atoms with Gasteiger partial charge in [0.1, 0.15) is 17.1 Å². The zero-order valence-corrected chi connectivity index (χ0v) is 13.9. The van der Waals surface area contributed by atoms with Crippen LogP contribution in [0.4, 0.5) is 0 Å². The van der Waals surface area contributed by atoms with Gasteiger partial charge < -0.3 is 14.4 Å². The summed E-state index contributed by atoms with van der Waals surface area (Å²) in [5.41, 5.74) is 2.06. The molecule has 5 heteroatoms. The van der Waals surface area contributed by atoms with Gasteiger partial charge in [0.05, 0.1) is 6.54 Å². The molecule has 0 bridgehead atoms. The average Bonchev–Trinajstić information content (AvgIpc) is 2.86. The first-order valence-corrected chi connectivity index (χ1v) is 8.13. The Labute approximate surface area is 140 Å². The van der Waals surface area contributed by atoms with E-state index in [1.807, 2.05) is 24.3 Å². The van der Waals surface area contributed by atoms with Crippen LogP contribution < -0.4 is 0 Å². The summed E-state index contributed by atoms with van der Waals surface area (Å²) in [6.07, 6.45) is 3.75. The first-order valence-electron chi connectivity index (χ1n) is 8.13. The van der Waals surface area contributed by atoms with Crippen LogP contribution in [-0.4, -0.2) is 28.9 Å². The van der Waals surface area contributed by atoms with Crippen molar-refractivity contribution in [2.75, 3.05) is 7.05 Å². The van der Waals surface area contributed by atoms with Gasteiger partial charge in [-0.15, -0.1) is 0 Å². The lowest BCUT2D eigenvalue weighted by atomic mass is 9.80. The van der Waals surface area contributed by atoms with Crippen molar-refractivity contribution in [3.63, 3.8) is 0 Å². The van der Waals surface area contributed by atoms with Crippen LogP contribution >= 0.6 is 0 Å². The number of nitrogens with zero attached hydrogens (tertiary/aromatic N) is 1.